The van der Waals surface area contributed by atoms with Crippen molar-refractivity contribution < 1.29 is 4.79 Å². The zero-order valence-electron chi connectivity index (χ0n) is 9.83. The number of ketones is 1. The summed E-state index contributed by atoms with van der Waals surface area (Å²) in [7, 11) is 0. The van der Waals surface area contributed by atoms with Crippen molar-refractivity contribution in [3.63, 3.8) is 0 Å². The summed E-state index contributed by atoms with van der Waals surface area (Å²) in [5.74, 6) is 0.978. The molecule has 2 aliphatic carbocycles. The summed E-state index contributed by atoms with van der Waals surface area (Å²) in [5, 5.41) is 0. The van der Waals surface area contributed by atoms with Crippen LogP contribution in [0.2, 0.25) is 0 Å². The Bertz CT molecular complexity index is 435. The third-order valence-electron chi connectivity index (χ3n) is 4.53. The first kappa shape index (κ1) is 10.1. The minimum Gasteiger partial charge on any atom is -0.294 e. The minimum atomic E-state index is 0.240. The lowest BCUT2D eigenvalue weighted by Gasteiger charge is -2.45. The molecule has 0 heterocycles. The first-order chi connectivity index (χ1) is 7.71. The quantitative estimate of drug-likeness (QED) is 0.639. The Balaban J connectivity index is 2.13. The zero-order valence-corrected chi connectivity index (χ0v) is 9.83. The molecule has 1 heteroatoms. The lowest BCUT2D eigenvalue weighted by Crippen LogP contribution is -2.36. The number of fused-ring (bicyclic) bond motifs is 3. The molecule has 16 heavy (non-hydrogen) atoms. The maximum Gasteiger partial charge on any atom is 0.163 e. The van der Waals surface area contributed by atoms with Crippen LogP contribution in [0.3, 0.4) is 0 Å². The minimum absolute atomic E-state index is 0.240. The molecule has 0 bridgehead atoms. The average molecular weight is 214 g/mol. The Morgan fingerprint density at radius 2 is 2.06 bits per heavy atom. The normalized spacial score (nSPS) is 33.1. The van der Waals surface area contributed by atoms with Crippen LogP contribution in [0, 0.1) is 5.41 Å². The van der Waals surface area contributed by atoms with Gasteiger partial charge in [-0.3, -0.25) is 4.79 Å². The van der Waals surface area contributed by atoms with Crippen LogP contribution in [-0.2, 0) is 0 Å². The second-order valence-corrected chi connectivity index (χ2v) is 5.64. The summed E-state index contributed by atoms with van der Waals surface area (Å²) >= 11 is 0. The Morgan fingerprint density at radius 3 is 2.94 bits per heavy atom. The predicted octanol–water partition coefficient (Wildman–Crippen LogP) is 3.94. The van der Waals surface area contributed by atoms with E-state index in [1.165, 1.54) is 31.2 Å². The van der Waals surface area contributed by atoms with Gasteiger partial charge in [0.15, 0.2) is 5.78 Å². The zero-order chi connectivity index (χ0) is 11.2. The molecule has 0 radical (unpaired) electrons. The Kier molecular flexibility index (Phi) is 2.17. The van der Waals surface area contributed by atoms with Gasteiger partial charge in [0.1, 0.15) is 0 Å². The number of hydrogen-bond acceptors (Lipinski definition) is 1. The van der Waals surface area contributed by atoms with E-state index in [0.29, 0.717) is 11.7 Å². The lowest BCUT2D eigenvalue weighted by molar-refractivity contribution is 0.0797. The van der Waals surface area contributed by atoms with Crippen molar-refractivity contribution in [1.29, 1.82) is 0 Å². The van der Waals surface area contributed by atoms with Gasteiger partial charge in [-0.25, -0.2) is 0 Å². The van der Waals surface area contributed by atoms with Crippen molar-refractivity contribution in [2.45, 2.75) is 44.9 Å². The lowest BCUT2D eigenvalue weighted by atomic mass is 9.58. The highest BCUT2D eigenvalue weighted by Gasteiger charge is 2.43. The fraction of sp³-hybridized carbons (Fsp3) is 0.533. The number of rotatable bonds is 0. The van der Waals surface area contributed by atoms with Gasteiger partial charge in [-0.1, -0.05) is 44.0 Å². The Hall–Kier alpha value is -1.11. The molecular formula is C15H18O. The predicted molar refractivity (Wildman–Crippen MR) is 64.7 cm³/mol. The fourth-order valence-corrected chi connectivity index (χ4v) is 3.66. The van der Waals surface area contributed by atoms with Gasteiger partial charge in [0.05, 0.1) is 0 Å². The van der Waals surface area contributed by atoms with Crippen LogP contribution in [0.25, 0.3) is 0 Å². The molecule has 0 spiro atoms. The molecule has 3 rings (SSSR count). The van der Waals surface area contributed by atoms with E-state index in [2.05, 4.69) is 19.1 Å². The second-order valence-electron chi connectivity index (χ2n) is 5.64. The highest BCUT2D eigenvalue weighted by atomic mass is 16.1. The molecule has 1 aromatic carbocycles. The van der Waals surface area contributed by atoms with Crippen LogP contribution >= 0.6 is 0 Å². The summed E-state index contributed by atoms with van der Waals surface area (Å²) in [4.78, 5) is 12.1. The van der Waals surface area contributed by atoms with Gasteiger partial charge in [0, 0.05) is 12.0 Å². The third kappa shape index (κ3) is 1.34. The average Bonchev–Trinajstić information content (AvgIpc) is 2.28. The molecule has 0 unspecified atom stereocenters. The van der Waals surface area contributed by atoms with E-state index < -0.39 is 0 Å². The van der Waals surface area contributed by atoms with E-state index in [1.54, 1.807) is 0 Å². The monoisotopic (exact) mass is 214 g/mol. The van der Waals surface area contributed by atoms with Gasteiger partial charge >= 0.3 is 0 Å². The number of benzene rings is 1. The molecule has 0 amide bonds. The van der Waals surface area contributed by atoms with Crippen LogP contribution < -0.4 is 0 Å². The van der Waals surface area contributed by atoms with Gasteiger partial charge < -0.3 is 0 Å². The van der Waals surface area contributed by atoms with Crippen molar-refractivity contribution in [3.05, 3.63) is 35.4 Å². The molecule has 0 saturated heterocycles. The van der Waals surface area contributed by atoms with Crippen LogP contribution in [0.1, 0.15) is 60.9 Å². The summed E-state index contributed by atoms with van der Waals surface area (Å²) in [5.41, 5.74) is 2.55. The summed E-state index contributed by atoms with van der Waals surface area (Å²) in [6.45, 7) is 2.31. The van der Waals surface area contributed by atoms with E-state index in [-0.39, 0.29) is 5.41 Å². The molecule has 1 saturated carbocycles. The van der Waals surface area contributed by atoms with Gasteiger partial charge in [0.2, 0.25) is 0 Å². The third-order valence-corrected chi connectivity index (χ3v) is 4.53. The second kappa shape index (κ2) is 3.44. The molecular weight excluding hydrogens is 196 g/mol. The van der Waals surface area contributed by atoms with Crippen LogP contribution in [0.15, 0.2) is 24.3 Å². The van der Waals surface area contributed by atoms with Crippen molar-refractivity contribution in [3.8, 4) is 0 Å². The topological polar surface area (TPSA) is 17.1 Å². The van der Waals surface area contributed by atoms with Crippen molar-refractivity contribution in [2.24, 2.45) is 5.41 Å². The van der Waals surface area contributed by atoms with Crippen molar-refractivity contribution >= 4 is 5.78 Å². The molecule has 84 valence electrons. The molecule has 2 aliphatic rings. The van der Waals surface area contributed by atoms with E-state index in [4.69, 9.17) is 0 Å². The first-order valence-corrected chi connectivity index (χ1v) is 6.33. The molecule has 1 aromatic rings. The summed E-state index contributed by atoms with van der Waals surface area (Å²) in [6, 6.07) is 8.24. The maximum absolute atomic E-state index is 12.1. The van der Waals surface area contributed by atoms with Crippen molar-refractivity contribution in [2.75, 3.05) is 0 Å². The highest BCUT2D eigenvalue weighted by Crippen LogP contribution is 2.53. The molecule has 0 N–H and O–H groups in total. The van der Waals surface area contributed by atoms with E-state index in [0.717, 1.165) is 12.0 Å². The number of hydrogen-bond donors (Lipinski definition) is 0. The van der Waals surface area contributed by atoms with Crippen molar-refractivity contribution in [1.82, 2.24) is 0 Å². The molecule has 1 fully saturated rings. The van der Waals surface area contributed by atoms with Gasteiger partial charge in [-0.15, -0.1) is 0 Å². The van der Waals surface area contributed by atoms with E-state index >= 15 is 0 Å². The van der Waals surface area contributed by atoms with Crippen LogP contribution in [0.5, 0.6) is 0 Å². The maximum atomic E-state index is 12.1. The van der Waals surface area contributed by atoms with E-state index in [9.17, 15) is 4.79 Å². The number of carbonyl (C=O) groups is 1. The van der Waals surface area contributed by atoms with Gasteiger partial charge in [-0.2, -0.15) is 0 Å². The Labute approximate surface area is 96.9 Å². The molecule has 1 nitrogen and oxygen atoms in total. The first-order valence-electron chi connectivity index (χ1n) is 6.33. The summed E-state index contributed by atoms with van der Waals surface area (Å²) < 4.78 is 0. The largest absolute Gasteiger partial charge is 0.294 e. The SMILES string of the molecule is C[C@@]12CCCC[C@@H]1c1ccccc1C(=O)C2. The summed E-state index contributed by atoms with van der Waals surface area (Å²) in [6.07, 6.45) is 5.86. The smallest absolute Gasteiger partial charge is 0.163 e. The van der Waals surface area contributed by atoms with Gasteiger partial charge in [0.25, 0.3) is 0 Å². The highest BCUT2D eigenvalue weighted by molar-refractivity contribution is 5.99. The molecule has 0 aromatic heterocycles. The standard InChI is InChI=1S/C15H18O/c1-15-9-5-4-8-13(15)11-6-2-3-7-12(11)14(16)10-15/h2-3,6-7,13H,4-5,8-10H2,1H3/t13-,15+/m1/s1. The van der Waals surface area contributed by atoms with Crippen LogP contribution in [-0.4, -0.2) is 5.78 Å². The van der Waals surface area contributed by atoms with Gasteiger partial charge in [-0.05, 0) is 29.7 Å². The Morgan fingerprint density at radius 1 is 1.25 bits per heavy atom. The molecule has 2 atom stereocenters. The molecule has 0 aliphatic heterocycles. The fourth-order valence-electron chi connectivity index (χ4n) is 3.66. The number of carbonyl (C=O) groups excluding carboxylic acids is 1. The number of Topliss-reactive ketones (excluding diaryl/α,β-unsaturated/α-hetero) is 1. The van der Waals surface area contributed by atoms with Crippen LogP contribution in [0.4, 0.5) is 0 Å². The van der Waals surface area contributed by atoms with E-state index in [1.807, 2.05) is 12.1 Å².